The van der Waals surface area contributed by atoms with Crippen molar-refractivity contribution in [3.63, 3.8) is 0 Å². The Labute approximate surface area is 138 Å². The van der Waals surface area contributed by atoms with Gasteiger partial charge in [0, 0.05) is 22.8 Å². The number of nitrogens with one attached hydrogen (secondary N) is 2. The van der Waals surface area contributed by atoms with E-state index in [2.05, 4.69) is 31.6 Å². The maximum absolute atomic E-state index is 13.3. The van der Waals surface area contributed by atoms with Crippen molar-refractivity contribution in [3.8, 4) is 0 Å². The van der Waals surface area contributed by atoms with Gasteiger partial charge in [0.2, 0.25) is 0 Å². The number of halogens is 2. The van der Waals surface area contributed by atoms with E-state index in [1.54, 1.807) is 6.07 Å². The van der Waals surface area contributed by atoms with Crippen LogP contribution < -0.4 is 10.6 Å². The van der Waals surface area contributed by atoms with E-state index in [9.17, 15) is 4.39 Å². The van der Waals surface area contributed by atoms with Crippen molar-refractivity contribution in [3.05, 3.63) is 34.1 Å². The van der Waals surface area contributed by atoms with E-state index >= 15 is 0 Å². The SMILES string of the molecule is CCNC(=NCc1cc(F)ccc1Br)NCC1CCCS1. The van der Waals surface area contributed by atoms with Crippen molar-refractivity contribution in [1.29, 1.82) is 0 Å². The zero-order valence-electron chi connectivity index (χ0n) is 12.2. The van der Waals surface area contributed by atoms with Gasteiger partial charge in [0.05, 0.1) is 6.54 Å². The van der Waals surface area contributed by atoms with Crippen molar-refractivity contribution < 1.29 is 4.39 Å². The zero-order valence-corrected chi connectivity index (χ0v) is 14.6. The van der Waals surface area contributed by atoms with Gasteiger partial charge in [0.1, 0.15) is 5.82 Å². The molecule has 3 nitrogen and oxygen atoms in total. The van der Waals surface area contributed by atoms with E-state index in [0.717, 1.165) is 29.1 Å². The van der Waals surface area contributed by atoms with Crippen LogP contribution in [0.15, 0.2) is 27.7 Å². The van der Waals surface area contributed by atoms with E-state index in [4.69, 9.17) is 0 Å². The number of benzene rings is 1. The molecular weight excluding hydrogens is 353 g/mol. The van der Waals surface area contributed by atoms with Gasteiger partial charge < -0.3 is 10.6 Å². The number of aliphatic imine (C=N–C) groups is 1. The summed E-state index contributed by atoms with van der Waals surface area (Å²) in [5, 5.41) is 7.28. The first-order valence-corrected chi connectivity index (χ1v) is 9.11. The molecule has 1 aliphatic rings. The molecule has 1 aromatic rings. The molecule has 2 N–H and O–H groups in total. The summed E-state index contributed by atoms with van der Waals surface area (Å²) in [5.74, 6) is 1.82. The molecule has 1 saturated heterocycles. The third-order valence-corrected chi connectivity index (χ3v) is 5.45. The van der Waals surface area contributed by atoms with Crippen LogP contribution in [-0.2, 0) is 6.54 Å². The molecule has 21 heavy (non-hydrogen) atoms. The molecule has 1 atom stereocenters. The van der Waals surface area contributed by atoms with E-state index in [1.165, 1.54) is 30.7 Å². The van der Waals surface area contributed by atoms with Gasteiger partial charge in [-0.25, -0.2) is 9.38 Å². The van der Waals surface area contributed by atoms with Gasteiger partial charge in [0.25, 0.3) is 0 Å². The molecule has 116 valence electrons. The highest BCUT2D eigenvalue weighted by Gasteiger charge is 2.15. The van der Waals surface area contributed by atoms with Gasteiger partial charge in [-0.1, -0.05) is 15.9 Å². The van der Waals surface area contributed by atoms with Gasteiger partial charge in [-0.15, -0.1) is 0 Å². The van der Waals surface area contributed by atoms with Crippen LogP contribution in [0, 0.1) is 5.82 Å². The molecule has 1 heterocycles. The van der Waals surface area contributed by atoms with Crippen molar-refractivity contribution in [1.82, 2.24) is 10.6 Å². The highest BCUT2D eigenvalue weighted by molar-refractivity contribution is 9.10. The number of hydrogen-bond donors (Lipinski definition) is 2. The Morgan fingerprint density at radius 2 is 2.33 bits per heavy atom. The molecule has 0 radical (unpaired) electrons. The molecule has 6 heteroatoms. The first kappa shape index (κ1) is 16.6. The zero-order chi connectivity index (χ0) is 15.1. The molecule has 1 aromatic carbocycles. The summed E-state index contributed by atoms with van der Waals surface area (Å²) >= 11 is 5.45. The number of nitrogens with zero attached hydrogens (tertiary/aromatic N) is 1. The van der Waals surface area contributed by atoms with Crippen LogP contribution in [0.2, 0.25) is 0 Å². The molecule has 0 spiro atoms. The molecule has 1 aliphatic heterocycles. The van der Waals surface area contributed by atoms with E-state index in [1.807, 2.05) is 18.7 Å². The molecule has 0 aliphatic carbocycles. The van der Waals surface area contributed by atoms with Crippen LogP contribution in [-0.4, -0.2) is 30.1 Å². The van der Waals surface area contributed by atoms with Gasteiger partial charge >= 0.3 is 0 Å². The Morgan fingerprint density at radius 1 is 1.48 bits per heavy atom. The maximum atomic E-state index is 13.3. The molecule has 0 saturated carbocycles. The van der Waals surface area contributed by atoms with Crippen LogP contribution in [0.5, 0.6) is 0 Å². The normalized spacial score (nSPS) is 18.8. The molecule has 0 aromatic heterocycles. The Bertz CT molecular complexity index is 490. The maximum Gasteiger partial charge on any atom is 0.191 e. The second kappa shape index (κ2) is 8.63. The summed E-state index contributed by atoms with van der Waals surface area (Å²) in [6.45, 7) is 4.24. The van der Waals surface area contributed by atoms with Crippen LogP contribution >= 0.6 is 27.7 Å². The summed E-state index contributed by atoms with van der Waals surface area (Å²) in [6, 6.07) is 4.68. The lowest BCUT2D eigenvalue weighted by Crippen LogP contribution is -2.40. The third kappa shape index (κ3) is 5.51. The number of hydrogen-bond acceptors (Lipinski definition) is 2. The summed E-state index contributed by atoms with van der Waals surface area (Å²) in [4.78, 5) is 4.54. The molecule has 1 fully saturated rings. The second-order valence-corrected chi connectivity index (χ2v) is 7.21. The lowest BCUT2D eigenvalue weighted by Gasteiger charge is -2.14. The standard InChI is InChI=1S/C15H21BrFN3S/c1-2-18-15(20-10-13-4-3-7-21-13)19-9-11-8-12(17)5-6-14(11)16/h5-6,8,13H,2-4,7,9-10H2,1H3,(H2,18,19,20). The Kier molecular flexibility index (Phi) is 6.83. The minimum absolute atomic E-state index is 0.233. The molecular formula is C15H21BrFN3S. The predicted octanol–water partition coefficient (Wildman–Crippen LogP) is 3.54. The number of thioether (sulfide) groups is 1. The molecule has 1 unspecified atom stereocenters. The van der Waals surface area contributed by atoms with Crippen molar-refractivity contribution in [2.24, 2.45) is 4.99 Å². The Hall–Kier alpha value is -0.750. The quantitative estimate of drug-likeness (QED) is 0.612. The molecule has 0 bridgehead atoms. The van der Waals surface area contributed by atoms with E-state index in [-0.39, 0.29) is 5.82 Å². The van der Waals surface area contributed by atoms with Gasteiger partial charge in [-0.05, 0) is 49.3 Å². The highest BCUT2D eigenvalue weighted by atomic mass is 79.9. The fraction of sp³-hybridized carbons (Fsp3) is 0.533. The lowest BCUT2D eigenvalue weighted by atomic mass is 10.2. The third-order valence-electron chi connectivity index (χ3n) is 3.28. The smallest absolute Gasteiger partial charge is 0.191 e. The first-order chi connectivity index (χ1) is 10.2. The van der Waals surface area contributed by atoms with Gasteiger partial charge in [-0.2, -0.15) is 11.8 Å². The van der Waals surface area contributed by atoms with Crippen LogP contribution in [0.4, 0.5) is 4.39 Å². The van der Waals surface area contributed by atoms with Crippen molar-refractivity contribution in [2.45, 2.75) is 31.6 Å². The Morgan fingerprint density at radius 3 is 3.05 bits per heavy atom. The largest absolute Gasteiger partial charge is 0.357 e. The monoisotopic (exact) mass is 373 g/mol. The summed E-state index contributed by atoms with van der Waals surface area (Å²) in [5.41, 5.74) is 0.849. The topological polar surface area (TPSA) is 36.4 Å². The van der Waals surface area contributed by atoms with E-state index < -0.39 is 0 Å². The van der Waals surface area contributed by atoms with E-state index in [0.29, 0.717) is 11.8 Å². The van der Waals surface area contributed by atoms with Gasteiger partial charge in [-0.3, -0.25) is 0 Å². The second-order valence-electron chi connectivity index (χ2n) is 4.95. The summed E-state index contributed by atoms with van der Waals surface area (Å²) < 4.78 is 14.2. The minimum atomic E-state index is -0.233. The molecule has 0 amide bonds. The average molecular weight is 374 g/mol. The summed E-state index contributed by atoms with van der Waals surface area (Å²) in [7, 11) is 0. The fourth-order valence-corrected chi connectivity index (χ4v) is 3.76. The lowest BCUT2D eigenvalue weighted by molar-refractivity contribution is 0.625. The van der Waals surface area contributed by atoms with Crippen molar-refractivity contribution in [2.75, 3.05) is 18.8 Å². The van der Waals surface area contributed by atoms with Crippen molar-refractivity contribution >= 4 is 33.7 Å². The molecule has 2 rings (SSSR count). The first-order valence-electron chi connectivity index (χ1n) is 7.26. The van der Waals surface area contributed by atoms with Crippen LogP contribution in [0.25, 0.3) is 0 Å². The fourth-order valence-electron chi connectivity index (χ4n) is 2.19. The predicted molar refractivity (Wildman–Crippen MR) is 92.4 cm³/mol. The van der Waals surface area contributed by atoms with Crippen LogP contribution in [0.3, 0.4) is 0 Å². The Balaban J connectivity index is 1.94. The minimum Gasteiger partial charge on any atom is -0.357 e. The number of rotatable bonds is 5. The highest BCUT2D eigenvalue weighted by Crippen LogP contribution is 2.25. The van der Waals surface area contributed by atoms with Crippen LogP contribution in [0.1, 0.15) is 25.3 Å². The summed E-state index contributed by atoms with van der Waals surface area (Å²) in [6.07, 6.45) is 2.58. The average Bonchev–Trinajstić information content (AvgIpc) is 2.98. The number of guanidine groups is 1. The van der Waals surface area contributed by atoms with Gasteiger partial charge in [0.15, 0.2) is 5.96 Å².